The first kappa shape index (κ1) is 23.8. The fourth-order valence-electron chi connectivity index (χ4n) is 8.99. The van der Waals surface area contributed by atoms with Gasteiger partial charge in [-0.05, 0) is 56.8 Å². The van der Waals surface area contributed by atoms with E-state index >= 15 is 0 Å². The fraction of sp³-hybridized carbons (Fsp3) is 0.840. The van der Waals surface area contributed by atoms with Crippen molar-refractivity contribution < 1.29 is 49.3 Å². The standard InChI is InChI=1S/C25H34O10/c1-10-7-24-8-11(10)3-4-13(24)25-6-5-14(27)23(2,22(32)35-25)19(25)15(24)20(31)34-21-18(30)17(29)16(28)12(9-26)33-21/h11-19,21,26-30H,1,3-9H2,2H3. The van der Waals surface area contributed by atoms with E-state index in [2.05, 4.69) is 6.58 Å². The Balaban J connectivity index is 1.41. The van der Waals surface area contributed by atoms with Crippen molar-refractivity contribution in [2.45, 2.75) is 87.9 Å². The van der Waals surface area contributed by atoms with Crippen LogP contribution in [0.15, 0.2) is 12.2 Å². The van der Waals surface area contributed by atoms with Crippen molar-refractivity contribution in [3.05, 3.63) is 12.2 Å². The summed E-state index contributed by atoms with van der Waals surface area (Å²) in [5, 5.41) is 51.2. The molecule has 6 fully saturated rings. The van der Waals surface area contributed by atoms with Crippen molar-refractivity contribution in [3.63, 3.8) is 0 Å². The van der Waals surface area contributed by atoms with Crippen LogP contribution in [0.5, 0.6) is 0 Å². The topological polar surface area (TPSA) is 163 Å². The summed E-state index contributed by atoms with van der Waals surface area (Å²) in [6.07, 6.45) is -4.89. The van der Waals surface area contributed by atoms with Gasteiger partial charge in [-0.25, -0.2) is 0 Å². The summed E-state index contributed by atoms with van der Waals surface area (Å²) in [6, 6.07) is 0. The van der Waals surface area contributed by atoms with Gasteiger partial charge in [0.2, 0.25) is 6.29 Å². The lowest BCUT2D eigenvalue weighted by Gasteiger charge is -2.44. The van der Waals surface area contributed by atoms with Crippen LogP contribution in [0.3, 0.4) is 0 Å². The molecule has 0 radical (unpaired) electrons. The first-order valence-electron chi connectivity index (χ1n) is 12.6. The molecule has 0 aromatic carbocycles. The number of allylic oxidation sites excluding steroid dienone is 1. The third-order valence-electron chi connectivity index (χ3n) is 10.5. The number of ether oxygens (including phenoxy) is 3. The minimum absolute atomic E-state index is 0.0823. The molecule has 2 saturated heterocycles. The molecule has 1 spiro atoms. The average molecular weight is 495 g/mol. The van der Waals surface area contributed by atoms with Gasteiger partial charge in [-0.1, -0.05) is 12.2 Å². The molecule has 10 nitrogen and oxygen atoms in total. The zero-order valence-corrected chi connectivity index (χ0v) is 19.7. The van der Waals surface area contributed by atoms with E-state index in [1.165, 1.54) is 0 Å². The van der Waals surface area contributed by atoms with Gasteiger partial charge in [0.1, 0.15) is 30.0 Å². The lowest BCUT2D eigenvalue weighted by molar-refractivity contribution is -0.295. The van der Waals surface area contributed by atoms with Crippen LogP contribution in [0.4, 0.5) is 0 Å². The van der Waals surface area contributed by atoms with Crippen LogP contribution >= 0.6 is 0 Å². The van der Waals surface area contributed by atoms with E-state index < -0.39 is 83.6 Å². The molecule has 0 aromatic rings. The van der Waals surface area contributed by atoms with Gasteiger partial charge in [-0.2, -0.15) is 0 Å². The Labute approximate surface area is 202 Å². The van der Waals surface area contributed by atoms with Crippen LogP contribution in [0.2, 0.25) is 0 Å². The second kappa shape index (κ2) is 7.49. The number of rotatable bonds is 3. The molecule has 4 bridgehead atoms. The minimum atomic E-state index is -1.72. The van der Waals surface area contributed by atoms with Gasteiger partial charge >= 0.3 is 11.9 Å². The van der Waals surface area contributed by atoms with Crippen LogP contribution in [-0.2, 0) is 23.8 Å². The van der Waals surface area contributed by atoms with Crippen molar-refractivity contribution in [1.29, 1.82) is 0 Å². The van der Waals surface area contributed by atoms with Gasteiger partial charge < -0.3 is 39.7 Å². The molecule has 13 unspecified atom stereocenters. The SMILES string of the molecule is C=C1CC23CC1CCC2C12CCC(O)C(C)(C(=O)O1)C2C3C(=O)OC1OC(CO)C(O)C(O)C1O. The Morgan fingerprint density at radius 2 is 1.89 bits per heavy atom. The van der Waals surface area contributed by atoms with Crippen LogP contribution in [-0.4, -0.2) is 86.5 Å². The summed E-state index contributed by atoms with van der Waals surface area (Å²) >= 11 is 0. The van der Waals surface area contributed by atoms with Gasteiger partial charge in [0, 0.05) is 11.8 Å². The molecule has 4 aliphatic carbocycles. The molecule has 0 aromatic heterocycles. The highest BCUT2D eigenvalue weighted by Crippen LogP contribution is 2.78. The highest BCUT2D eigenvalue weighted by Gasteiger charge is 2.83. The average Bonchev–Trinajstić information content (AvgIpc) is 3.29. The van der Waals surface area contributed by atoms with E-state index in [4.69, 9.17) is 14.2 Å². The van der Waals surface area contributed by atoms with Gasteiger partial charge in [0.25, 0.3) is 0 Å². The molecule has 4 saturated carbocycles. The van der Waals surface area contributed by atoms with E-state index in [1.807, 2.05) is 0 Å². The molecule has 6 aliphatic rings. The lowest BCUT2D eigenvalue weighted by atomic mass is 9.59. The molecule has 5 N–H and O–H groups in total. The summed E-state index contributed by atoms with van der Waals surface area (Å²) in [5.74, 6) is -2.43. The largest absolute Gasteiger partial charge is 0.458 e. The molecule has 0 amide bonds. The van der Waals surface area contributed by atoms with Crippen LogP contribution in [0.25, 0.3) is 0 Å². The van der Waals surface area contributed by atoms with Crippen molar-refractivity contribution in [2.24, 2.45) is 34.5 Å². The van der Waals surface area contributed by atoms with Crippen molar-refractivity contribution in [3.8, 4) is 0 Å². The molecular weight excluding hydrogens is 460 g/mol. The minimum Gasteiger partial charge on any atom is -0.458 e. The summed E-state index contributed by atoms with van der Waals surface area (Å²) < 4.78 is 17.3. The number of hydrogen-bond acceptors (Lipinski definition) is 10. The summed E-state index contributed by atoms with van der Waals surface area (Å²) in [5.41, 5.74) is -1.63. The van der Waals surface area contributed by atoms with Gasteiger partial charge in [-0.3, -0.25) is 9.59 Å². The van der Waals surface area contributed by atoms with Crippen molar-refractivity contribution in [2.75, 3.05) is 6.61 Å². The lowest BCUT2D eigenvalue weighted by Crippen LogP contribution is -2.60. The molecule has 6 rings (SSSR count). The number of fused-ring (bicyclic) bond motifs is 1. The van der Waals surface area contributed by atoms with Crippen molar-refractivity contribution >= 4 is 11.9 Å². The Kier molecular flexibility index (Phi) is 5.10. The first-order chi connectivity index (χ1) is 16.5. The number of aliphatic hydroxyl groups excluding tert-OH is 5. The predicted molar refractivity (Wildman–Crippen MR) is 116 cm³/mol. The monoisotopic (exact) mass is 494 g/mol. The third-order valence-corrected chi connectivity index (χ3v) is 10.5. The second-order valence-corrected chi connectivity index (χ2v) is 11.9. The number of carbonyl (C=O) groups excluding carboxylic acids is 2. The molecule has 194 valence electrons. The van der Waals surface area contributed by atoms with E-state index in [9.17, 15) is 35.1 Å². The number of esters is 2. The predicted octanol–water partition coefficient (Wildman–Crippen LogP) is -0.605. The fourth-order valence-corrected chi connectivity index (χ4v) is 8.99. The van der Waals surface area contributed by atoms with E-state index in [0.717, 1.165) is 18.4 Å². The Bertz CT molecular complexity index is 966. The van der Waals surface area contributed by atoms with E-state index in [-0.39, 0.29) is 11.8 Å². The van der Waals surface area contributed by atoms with Crippen LogP contribution in [0.1, 0.15) is 45.4 Å². The normalized spacial score (nSPS) is 56.4. The summed E-state index contributed by atoms with van der Waals surface area (Å²) in [6.45, 7) is 5.31. The smallest absolute Gasteiger partial charge is 0.315 e. The number of hydrogen-bond donors (Lipinski definition) is 5. The maximum Gasteiger partial charge on any atom is 0.315 e. The zero-order valence-electron chi connectivity index (χ0n) is 19.7. The molecule has 13 atom stereocenters. The number of carbonyl (C=O) groups is 2. The Morgan fingerprint density at radius 1 is 1.14 bits per heavy atom. The Hall–Kier alpha value is -1.56. The zero-order chi connectivity index (χ0) is 25.1. The molecule has 2 heterocycles. The van der Waals surface area contributed by atoms with Gasteiger partial charge in [0.15, 0.2) is 0 Å². The number of aliphatic hydroxyl groups is 5. The molecule has 10 heteroatoms. The molecule has 35 heavy (non-hydrogen) atoms. The molecular formula is C25H34O10. The highest BCUT2D eigenvalue weighted by molar-refractivity contribution is 5.86. The third kappa shape index (κ3) is 2.76. The first-order valence-corrected chi connectivity index (χ1v) is 12.6. The van der Waals surface area contributed by atoms with Gasteiger partial charge in [-0.15, -0.1) is 0 Å². The highest BCUT2D eigenvalue weighted by atomic mass is 16.7. The summed E-state index contributed by atoms with van der Waals surface area (Å²) in [7, 11) is 0. The van der Waals surface area contributed by atoms with Crippen LogP contribution < -0.4 is 0 Å². The summed E-state index contributed by atoms with van der Waals surface area (Å²) in [4.78, 5) is 27.2. The Morgan fingerprint density at radius 3 is 2.60 bits per heavy atom. The molecule has 2 aliphatic heterocycles. The van der Waals surface area contributed by atoms with Crippen molar-refractivity contribution in [1.82, 2.24) is 0 Å². The van der Waals surface area contributed by atoms with E-state index in [0.29, 0.717) is 25.7 Å². The maximum atomic E-state index is 14.0. The second-order valence-electron chi connectivity index (χ2n) is 11.9. The van der Waals surface area contributed by atoms with Crippen LogP contribution in [0, 0.1) is 34.5 Å². The maximum absolute atomic E-state index is 14.0. The quantitative estimate of drug-likeness (QED) is 0.253. The van der Waals surface area contributed by atoms with E-state index in [1.54, 1.807) is 6.92 Å². The van der Waals surface area contributed by atoms with Gasteiger partial charge in [0.05, 0.1) is 24.0 Å².